The lowest BCUT2D eigenvalue weighted by molar-refractivity contribution is 0.613. The fourth-order valence-corrected chi connectivity index (χ4v) is 1.60. The summed E-state index contributed by atoms with van der Waals surface area (Å²) in [4.78, 5) is 3.99. The zero-order chi connectivity index (χ0) is 8.93. The standard InChI is InChI=1S/C11H14N2/c1-2-11(9-13-5-1)8-10-3-6-12-7-4-10/h3-4,6-8,13H,1-2,5,9H2/b11-8-. The molecular formula is C11H14N2. The molecule has 2 heterocycles. The number of nitrogens with zero attached hydrogens (tertiary/aromatic N) is 1. The van der Waals surface area contributed by atoms with E-state index in [2.05, 4.69) is 16.4 Å². The monoisotopic (exact) mass is 174 g/mol. The second-order valence-electron chi connectivity index (χ2n) is 3.36. The van der Waals surface area contributed by atoms with Crippen LogP contribution in [0.15, 0.2) is 30.1 Å². The first-order valence-corrected chi connectivity index (χ1v) is 4.75. The summed E-state index contributed by atoms with van der Waals surface area (Å²) in [5.41, 5.74) is 2.76. The molecule has 0 amide bonds. The zero-order valence-electron chi connectivity index (χ0n) is 7.66. The Morgan fingerprint density at radius 1 is 1.31 bits per heavy atom. The Labute approximate surface area is 78.7 Å². The Hall–Kier alpha value is -1.15. The summed E-state index contributed by atoms with van der Waals surface area (Å²) in [6.45, 7) is 2.20. The van der Waals surface area contributed by atoms with Crippen LogP contribution in [0.2, 0.25) is 0 Å². The van der Waals surface area contributed by atoms with Crippen LogP contribution in [0.5, 0.6) is 0 Å². The second-order valence-corrected chi connectivity index (χ2v) is 3.36. The second kappa shape index (κ2) is 4.19. The highest BCUT2D eigenvalue weighted by atomic mass is 14.9. The Bertz CT molecular complexity index is 282. The molecule has 1 aliphatic rings. The minimum atomic E-state index is 1.04. The van der Waals surface area contributed by atoms with Crippen LogP contribution in [0.3, 0.4) is 0 Å². The average Bonchev–Trinajstić information content (AvgIpc) is 2.21. The van der Waals surface area contributed by atoms with Crippen molar-refractivity contribution < 1.29 is 0 Å². The molecule has 1 aromatic heterocycles. The first kappa shape index (κ1) is 8.45. The van der Waals surface area contributed by atoms with E-state index in [9.17, 15) is 0 Å². The van der Waals surface area contributed by atoms with Gasteiger partial charge in [0.1, 0.15) is 0 Å². The van der Waals surface area contributed by atoms with Gasteiger partial charge in [-0.2, -0.15) is 0 Å². The molecule has 2 heteroatoms. The quantitative estimate of drug-likeness (QED) is 0.702. The van der Waals surface area contributed by atoms with Gasteiger partial charge in [-0.05, 0) is 37.1 Å². The van der Waals surface area contributed by atoms with Crippen molar-refractivity contribution in [2.45, 2.75) is 12.8 Å². The molecule has 0 atom stereocenters. The first-order valence-electron chi connectivity index (χ1n) is 4.75. The fourth-order valence-electron chi connectivity index (χ4n) is 1.60. The molecule has 0 bridgehead atoms. The normalized spacial score (nSPS) is 20.5. The van der Waals surface area contributed by atoms with Gasteiger partial charge in [0.2, 0.25) is 0 Å². The van der Waals surface area contributed by atoms with Crippen molar-refractivity contribution in [1.82, 2.24) is 10.3 Å². The van der Waals surface area contributed by atoms with E-state index < -0.39 is 0 Å². The summed E-state index contributed by atoms with van der Waals surface area (Å²) < 4.78 is 0. The summed E-state index contributed by atoms with van der Waals surface area (Å²) in [7, 11) is 0. The summed E-state index contributed by atoms with van der Waals surface area (Å²) in [6, 6.07) is 4.09. The van der Waals surface area contributed by atoms with E-state index in [4.69, 9.17) is 0 Å². The van der Waals surface area contributed by atoms with Crippen LogP contribution < -0.4 is 5.32 Å². The molecule has 1 N–H and O–H groups in total. The van der Waals surface area contributed by atoms with Gasteiger partial charge in [-0.3, -0.25) is 4.98 Å². The van der Waals surface area contributed by atoms with E-state index in [-0.39, 0.29) is 0 Å². The maximum atomic E-state index is 3.99. The van der Waals surface area contributed by atoms with Crippen LogP contribution in [0, 0.1) is 0 Å². The summed E-state index contributed by atoms with van der Waals surface area (Å²) in [5.74, 6) is 0. The van der Waals surface area contributed by atoms with Crippen molar-refractivity contribution in [3.63, 3.8) is 0 Å². The van der Waals surface area contributed by atoms with Gasteiger partial charge >= 0.3 is 0 Å². The Kier molecular flexibility index (Phi) is 2.72. The highest BCUT2D eigenvalue weighted by Crippen LogP contribution is 2.12. The smallest absolute Gasteiger partial charge is 0.0273 e. The molecule has 1 aromatic rings. The van der Waals surface area contributed by atoms with Crippen LogP contribution in [-0.2, 0) is 0 Å². The molecule has 2 rings (SSSR count). The van der Waals surface area contributed by atoms with Gasteiger partial charge in [-0.15, -0.1) is 0 Å². The van der Waals surface area contributed by atoms with Crippen molar-refractivity contribution in [2.75, 3.05) is 13.1 Å². The first-order chi connectivity index (χ1) is 6.45. The fraction of sp³-hybridized carbons (Fsp3) is 0.364. The predicted octanol–water partition coefficient (Wildman–Crippen LogP) is 1.85. The summed E-state index contributed by atoms with van der Waals surface area (Å²) >= 11 is 0. The van der Waals surface area contributed by atoms with E-state index in [1.54, 1.807) is 0 Å². The van der Waals surface area contributed by atoms with Gasteiger partial charge in [0.15, 0.2) is 0 Å². The van der Waals surface area contributed by atoms with E-state index in [1.807, 2.05) is 24.5 Å². The summed E-state index contributed by atoms with van der Waals surface area (Å²) in [6.07, 6.45) is 8.42. The third kappa shape index (κ3) is 2.39. The zero-order valence-corrected chi connectivity index (χ0v) is 7.66. The van der Waals surface area contributed by atoms with Gasteiger partial charge in [-0.1, -0.05) is 11.6 Å². The minimum Gasteiger partial charge on any atom is -0.313 e. The molecule has 0 unspecified atom stereocenters. The lowest BCUT2D eigenvalue weighted by atomic mass is 10.0. The number of rotatable bonds is 1. The van der Waals surface area contributed by atoms with Crippen LogP contribution in [-0.4, -0.2) is 18.1 Å². The topological polar surface area (TPSA) is 24.9 Å². The highest BCUT2D eigenvalue weighted by Gasteiger charge is 2.03. The molecule has 68 valence electrons. The van der Waals surface area contributed by atoms with E-state index in [0.29, 0.717) is 0 Å². The molecule has 0 aliphatic carbocycles. The maximum absolute atomic E-state index is 3.99. The summed E-state index contributed by atoms with van der Waals surface area (Å²) in [5, 5.41) is 3.37. The number of nitrogens with one attached hydrogen (secondary N) is 1. The van der Waals surface area contributed by atoms with Crippen molar-refractivity contribution in [3.8, 4) is 0 Å². The SMILES string of the molecule is C(=C1\CCCNC1)/c1ccncc1. The van der Waals surface area contributed by atoms with E-state index in [1.165, 1.54) is 24.0 Å². The number of aromatic nitrogens is 1. The molecule has 1 fully saturated rings. The number of pyridine rings is 1. The molecule has 0 spiro atoms. The Morgan fingerprint density at radius 2 is 2.15 bits per heavy atom. The van der Waals surface area contributed by atoms with Crippen molar-refractivity contribution in [1.29, 1.82) is 0 Å². The minimum absolute atomic E-state index is 1.04. The lowest BCUT2D eigenvalue weighted by Crippen LogP contribution is -2.23. The molecule has 1 saturated heterocycles. The van der Waals surface area contributed by atoms with Gasteiger partial charge < -0.3 is 5.32 Å². The average molecular weight is 174 g/mol. The molecular weight excluding hydrogens is 160 g/mol. The maximum Gasteiger partial charge on any atom is 0.0273 e. The van der Waals surface area contributed by atoms with Crippen molar-refractivity contribution in [3.05, 3.63) is 35.7 Å². The van der Waals surface area contributed by atoms with E-state index in [0.717, 1.165) is 13.1 Å². The van der Waals surface area contributed by atoms with Crippen LogP contribution in [0.25, 0.3) is 6.08 Å². The molecule has 0 aromatic carbocycles. The molecule has 2 nitrogen and oxygen atoms in total. The highest BCUT2D eigenvalue weighted by molar-refractivity contribution is 5.52. The number of hydrogen-bond donors (Lipinski definition) is 1. The van der Waals surface area contributed by atoms with Crippen LogP contribution >= 0.6 is 0 Å². The van der Waals surface area contributed by atoms with Gasteiger partial charge in [0.25, 0.3) is 0 Å². The molecule has 1 aliphatic heterocycles. The number of piperidine rings is 1. The van der Waals surface area contributed by atoms with Gasteiger partial charge in [-0.25, -0.2) is 0 Å². The van der Waals surface area contributed by atoms with E-state index >= 15 is 0 Å². The Balaban J connectivity index is 2.10. The third-order valence-corrected chi connectivity index (χ3v) is 2.28. The number of hydrogen-bond acceptors (Lipinski definition) is 2. The lowest BCUT2D eigenvalue weighted by Gasteiger charge is -2.15. The predicted molar refractivity (Wildman–Crippen MR) is 54.3 cm³/mol. The Morgan fingerprint density at radius 3 is 2.85 bits per heavy atom. The van der Waals surface area contributed by atoms with Crippen LogP contribution in [0.4, 0.5) is 0 Å². The van der Waals surface area contributed by atoms with Gasteiger partial charge in [0.05, 0.1) is 0 Å². The molecule has 13 heavy (non-hydrogen) atoms. The van der Waals surface area contributed by atoms with Crippen molar-refractivity contribution in [2.24, 2.45) is 0 Å². The third-order valence-electron chi connectivity index (χ3n) is 2.28. The van der Waals surface area contributed by atoms with Crippen LogP contribution in [0.1, 0.15) is 18.4 Å². The molecule has 0 saturated carbocycles. The van der Waals surface area contributed by atoms with Gasteiger partial charge in [0, 0.05) is 18.9 Å². The van der Waals surface area contributed by atoms with Crippen molar-refractivity contribution >= 4 is 6.08 Å². The molecule has 0 radical (unpaired) electrons. The largest absolute Gasteiger partial charge is 0.313 e.